The van der Waals surface area contributed by atoms with Gasteiger partial charge in [-0.2, -0.15) is 0 Å². The number of halogens is 1. The van der Waals surface area contributed by atoms with E-state index in [0.29, 0.717) is 6.61 Å². The average Bonchev–Trinajstić information content (AvgIpc) is 3.16. The van der Waals surface area contributed by atoms with Crippen LogP contribution in [-0.4, -0.2) is 23.0 Å². The molecule has 0 spiro atoms. The van der Waals surface area contributed by atoms with Crippen LogP contribution in [0.15, 0.2) is 91.1 Å². The van der Waals surface area contributed by atoms with Crippen LogP contribution < -0.4 is 4.74 Å². The maximum absolute atomic E-state index is 6.05. The van der Waals surface area contributed by atoms with E-state index in [1.54, 1.807) is 0 Å². The summed E-state index contributed by atoms with van der Waals surface area (Å²) in [7, 11) is 0. The number of para-hydroxylation sites is 1. The van der Waals surface area contributed by atoms with Gasteiger partial charge in [-0.05, 0) is 29.7 Å². The molecule has 0 bridgehead atoms. The highest BCUT2D eigenvalue weighted by atomic mass is 35.5. The van der Waals surface area contributed by atoms with Gasteiger partial charge in [-0.15, -0.1) is 12.4 Å². The van der Waals surface area contributed by atoms with E-state index in [-0.39, 0.29) is 12.4 Å². The summed E-state index contributed by atoms with van der Waals surface area (Å²) in [6, 6.07) is 29.6. The summed E-state index contributed by atoms with van der Waals surface area (Å²) in [5.74, 6) is 0.938. The van der Waals surface area contributed by atoms with Crippen molar-refractivity contribution in [1.82, 2.24) is 9.88 Å². The summed E-state index contributed by atoms with van der Waals surface area (Å²) in [6.45, 7) is 3.60. The van der Waals surface area contributed by atoms with Crippen molar-refractivity contribution in [3.63, 3.8) is 0 Å². The molecule has 1 aromatic heterocycles. The Labute approximate surface area is 178 Å². The molecule has 1 heterocycles. The van der Waals surface area contributed by atoms with Gasteiger partial charge in [0.05, 0.1) is 6.61 Å². The van der Waals surface area contributed by atoms with Crippen molar-refractivity contribution in [3.8, 4) is 5.75 Å². The first kappa shape index (κ1) is 21.0. The van der Waals surface area contributed by atoms with Crippen LogP contribution in [0.1, 0.15) is 17.5 Å². The zero-order valence-electron chi connectivity index (χ0n) is 16.5. The molecule has 150 valence electrons. The van der Waals surface area contributed by atoms with Crippen molar-refractivity contribution in [2.24, 2.45) is 0 Å². The molecule has 0 aliphatic heterocycles. The summed E-state index contributed by atoms with van der Waals surface area (Å²) >= 11 is 0. The molecule has 0 aliphatic rings. The molecule has 0 atom stereocenters. The van der Waals surface area contributed by atoms with Crippen LogP contribution >= 0.6 is 12.4 Å². The molecule has 3 aromatic carbocycles. The van der Waals surface area contributed by atoms with Crippen molar-refractivity contribution in [3.05, 3.63) is 102 Å². The van der Waals surface area contributed by atoms with Gasteiger partial charge in [-0.25, -0.2) is 0 Å². The van der Waals surface area contributed by atoms with Crippen molar-refractivity contribution in [2.75, 3.05) is 13.2 Å². The molecule has 0 amide bonds. The van der Waals surface area contributed by atoms with Crippen molar-refractivity contribution < 1.29 is 4.74 Å². The third kappa shape index (κ3) is 5.86. The number of hydrogen-bond acceptors (Lipinski definition) is 2. The van der Waals surface area contributed by atoms with Crippen molar-refractivity contribution >= 4 is 23.3 Å². The second-order valence-electron chi connectivity index (χ2n) is 7.08. The number of aromatic amines is 1. The molecule has 4 rings (SSSR count). The highest BCUT2D eigenvalue weighted by Gasteiger charge is 2.08. The smallest absolute Gasteiger partial charge is 0.144 e. The summed E-state index contributed by atoms with van der Waals surface area (Å²) in [5.41, 5.74) is 3.80. The monoisotopic (exact) mass is 406 g/mol. The Morgan fingerprint density at radius 2 is 1.31 bits per heavy atom. The number of rotatable bonds is 9. The van der Waals surface area contributed by atoms with Crippen molar-refractivity contribution in [2.45, 2.75) is 19.5 Å². The Balaban J connectivity index is 0.00000240. The van der Waals surface area contributed by atoms with Crippen LogP contribution in [0.5, 0.6) is 5.75 Å². The largest absolute Gasteiger partial charge is 0.491 e. The van der Waals surface area contributed by atoms with Crippen LogP contribution in [0.2, 0.25) is 0 Å². The summed E-state index contributed by atoms with van der Waals surface area (Å²) in [4.78, 5) is 5.76. The molecule has 29 heavy (non-hydrogen) atoms. The predicted octanol–water partition coefficient (Wildman–Crippen LogP) is 6.06. The van der Waals surface area contributed by atoms with E-state index in [2.05, 4.69) is 82.7 Å². The van der Waals surface area contributed by atoms with Gasteiger partial charge in [0, 0.05) is 36.7 Å². The van der Waals surface area contributed by atoms with Gasteiger partial charge < -0.3 is 9.72 Å². The third-order valence-corrected chi connectivity index (χ3v) is 4.93. The fourth-order valence-electron chi connectivity index (χ4n) is 3.53. The normalized spacial score (nSPS) is 10.8. The molecule has 0 saturated carbocycles. The SMILES string of the molecule is Cl.c1ccc(CN(CCCOc2c[nH]c3ccccc23)Cc2ccccc2)cc1. The Morgan fingerprint density at radius 1 is 0.724 bits per heavy atom. The Bertz CT molecular complexity index is 944. The molecule has 0 aliphatic carbocycles. The van der Waals surface area contributed by atoms with Crippen LogP contribution in [0, 0.1) is 0 Å². The fraction of sp³-hybridized carbons (Fsp3) is 0.200. The number of ether oxygens (including phenoxy) is 1. The van der Waals surface area contributed by atoms with Crippen molar-refractivity contribution in [1.29, 1.82) is 0 Å². The van der Waals surface area contributed by atoms with Gasteiger partial charge >= 0.3 is 0 Å². The van der Waals surface area contributed by atoms with E-state index in [4.69, 9.17) is 4.74 Å². The van der Waals surface area contributed by atoms with Gasteiger partial charge in [0.15, 0.2) is 0 Å². The first-order valence-corrected chi connectivity index (χ1v) is 9.87. The summed E-state index contributed by atoms with van der Waals surface area (Å²) in [5, 5.41) is 1.15. The molecule has 3 nitrogen and oxygen atoms in total. The third-order valence-electron chi connectivity index (χ3n) is 4.93. The summed E-state index contributed by atoms with van der Waals surface area (Å²) in [6.07, 6.45) is 2.94. The Kier molecular flexibility index (Phi) is 7.74. The molecule has 0 fully saturated rings. The van der Waals surface area contributed by atoms with E-state index in [0.717, 1.165) is 42.7 Å². The summed E-state index contributed by atoms with van der Waals surface area (Å²) < 4.78 is 6.05. The second-order valence-corrected chi connectivity index (χ2v) is 7.08. The number of fused-ring (bicyclic) bond motifs is 1. The Hall–Kier alpha value is -2.75. The van der Waals surface area contributed by atoms with E-state index in [9.17, 15) is 0 Å². The first-order chi connectivity index (χ1) is 13.9. The quantitative estimate of drug-likeness (QED) is 0.342. The van der Waals surface area contributed by atoms with Crippen LogP contribution in [0.4, 0.5) is 0 Å². The van der Waals surface area contributed by atoms with Gasteiger partial charge in [0.1, 0.15) is 5.75 Å². The zero-order chi connectivity index (χ0) is 19.0. The molecule has 0 saturated heterocycles. The minimum atomic E-state index is 0. The topological polar surface area (TPSA) is 28.3 Å². The van der Waals surface area contributed by atoms with E-state index < -0.39 is 0 Å². The minimum absolute atomic E-state index is 0. The number of aromatic nitrogens is 1. The second kappa shape index (κ2) is 10.7. The number of H-pyrrole nitrogens is 1. The van der Waals surface area contributed by atoms with E-state index >= 15 is 0 Å². The van der Waals surface area contributed by atoms with E-state index in [1.807, 2.05) is 18.3 Å². The molecule has 0 radical (unpaired) electrons. The van der Waals surface area contributed by atoms with Gasteiger partial charge in [-0.1, -0.05) is 72.8 Å². The van der Waals surface area contributed by atoms with E-state index in [1.165, 1.54) is 11.1 Å². The lowest BCUT2D eigenvalue weighted by molar-refractivity contribution is 0.222. The van der Waals surface area contributed by atoms with Crippen LogP contribution in [-0.2, 0) is 13.1 Å². The minimum Gasteiger partial charge on any atom is -0.491 e. The first-order valence-electron chi connectivity index (χ1n) is 9.87. The maximum Gasteiger partial charge on any atom is 0.144 e. The number of benzene rings is 3. The maximum atomic E-state index is 6.05. The number of nitrogens with zero attached hydrogens (tertiary/aromatic N) is 1. The fourth-order valence-corrected chi connectivity index (χ4v) is 3.53. The molecular formula is C25H27ClN2O. The lowest BCUT2D eigenvalue weighted by atomic mass is 10.1. The standard InChI is InChI=1S/C25H26N2O.ClH/c1-3-10-21(11-4-1)19-27(20-22-12-5-2-6-13-22)16-9-17-28-25-18-26-24-15-8-7-14-23(24)25;/h1-8,10-15,18,26H,9,16-17,19-20H2;1H. The lowest BCUT2D eigenvalue weighted by Crippen LogP contribution is -2.25. The van der Waals surface area contributed by atoms with Gasteiger partial charge in [0.25, 0.3) is 0 Å². The van der Waals surface area contributed by atoms with Gasteiger partial charge in [-0.3, -0.25) is 4.90 Å². The van der Waals surface area contributed by atoms with Gasteiger partial charge in [0.2, 0.25) is 0 Å². The zero-order valence-corrected chi connectivity index (χ0v) is 17.3. The van der Waals surface area contributed by atoms with Crippen LogP contribution in [0.25, 0.3) is 10.9 Å². The molecule has 4 heteroatoms. The highest BCUT2D eigenvalue weighted by molar-refractivity contribution is 5.86. The molecule has 1 N–H and O–H groups in total. The Morgan fingerprint density at radius 3 is 1.97 bits per heavy atom. The molecular weight excluding hydrogens is 380 g/mol. The highest BCUT2D eigenvalue weighted by Crippen LogP contribution is 2.24. The van der Waals surface area contributed by atoms with Crippen LogP contribution in [0.3, 0.4) is 0 Å². The number of hydrogen-bond donors (Lipinski definition) is 1. The molecule has 0 unspecified atom stereocenters. The lowest BCUT2D eigenvalue weighted by Gasteiger charge is -2.22. The average molecular weight is 407 g/mol. The predicted molar refractivity (Wildman–Crippen MR) is 123 cm³/mol. The molecule has 4 aromatic rings. The number of nitrogens with one attached hydrogen (secondary N) is 1.